The molecule has 4 nitrogen and oxygen atoms in total. The van der Waals surface area contributed by atoms with Gasteiger partial charge in [0.25, 0.3) is 5.91 Å². The number of aliphatic hydroxyl groups is 1. The van der Waals surface area contributed by atoms with Gasteiger partial charge in [-0.3, -0.25) is 9.78 Å². The van der Waals surface area contributed by atoms with E-state index in [-0.39, 0.29) is 12.1 Å². The molecule has 122 valence electrons. The highest BCUT2D eigenvalue weighted by molar-refractivity contribution is 5.94. The van der Waals surface area contributed by atoms with Crippen LogP contribution in [0, 0.1) is 6.92 Å². The Morgan fingerprint density at radius 3 is 2.70 bits per heavy atom. The van der Waals surface area contributed by atoms with Gasteiger partial charge in [0.15, 0.2) is 0 Å². The molecule has 1 aromatic heterocycles. The van der Waals surface area contributed by atoms with Crippen molar-refractivity contribution >= 4 is 5.91 Å². The molecule has 23 heavy (non-hydrogen) atoms. The van der Waals surface area contributed by atoms with Gasteiger partial charge in [-0.05, 0) is 36.2 Å². The van der Waals surface area contributed by atoms with E-state index in [0.29, 0.717) is 5.56 Å². The lowest BCUT2D eigenvalue weighted by molar-refractivity contribution is -0.137. The summed E-state index contributed by atoms with van der Waals surface area (Å²) in [5.41, 5.74) is 0.364. The van der Waals surface area contributed by atoms with Crippen LogP contribution in [0.3, 0.4) is 0 Å². The van der Waals surface area contributed by atoms with Crippen LogP contribution in [0.5, 0.6) is 0 Å². The van der Waals surface area contributed by atoms with Gasteiger partial charge in [-0.1, -0.05) is 12.1 Å². The molecular formula is C16H15F3N2O2. The number of rotatable bonds is 4. The summed E-state index contributed by atoms with van der Waals surface area (Å²) in [7, 11) is 0. The largest absolute Gasteiger partial charge is 0.416 e. The molecule has 0 aliphatic carbocycles. The fourth-order valence-electron chi connectivity index (χ4n) is 2.01. The lowest BCUT2D eigenvalue weighted by Gasteiger charge is -2.14. The molecule has 0 radical (unpaired) electrons. The molecule has 1 amide bonds. The lowest BCUT2D eigenvalue weighted by Crippen LogP contribution is -2.28. The number of aryl methyl sites for hydroxylation is 1. The zero-order chi connectivity index (χ0) is 17.0. The van der Waals surface area contributed by atoms with Crippen molar-refractivity contribution in [3.8, 4) is 0 Å². The topological polar surface area (TPSA) is 62.2 Å². The molecule has 0 saturated carbocycles. The third kappa shape index (κ3) is 4.53. The van der Waals surface area contributed by atoms with Gasteiger partial charge in [-0.15, -0.1) is 0 Å². The zero-order valence-electron chi connectivity index (χ0n) is 12.3. The predicted octanol–water partition coefficient (Wildman–Crippen LogP) is 2.87. The average Bonchev–Trinajstić information content (AvgIpc) is 2.51. The van der Waals surface area contributed by atoms with Crippen LogP contribution in [-0.2, 0) is 6.18 Å². The summed E-state index contributed by atoms with van der Waals surface area (Å²) in [6, 6.07) is 6.01. The van der Waals surface area contributed by atoms with Crippen molar-refractivity contribution in [2.75, 3.05) is 6.54 Å². The molecule has 0 spiro atoms. The Bertz CT molecular complexity index is 702. The third-order valence-corrected chi connectivity index (χ3v) is 3.19. The highest BCUT2D eigenvalue weighted by Gasteiger charge is 2.30. The molecule has 0 saturated heterocycles. The van der Waals surface area contributed by atoms with Crippen molar-refractivity contribution in [1.29, 1.82) is 0 Å². The monoisotopic (exact) mass is 324 g/mol. The first-order chi connectivity index (χ1) is 10.8. The summed E-state index contributed by atoms with van der Waals surface area (Å²) in [4.78, 5) is 15.8. The minimum atomic E-state index is -4.48. The second-order valence-electron chi connectivity index (χ2n) is 5.10. The number of nitrogens with one attached hydrogen (secondary N) is 1. The number of alkyl halides is 3. The lowest BCUT2D eigenvalue weighted by atomic mass is 10.1. The van der Waals surface area contributed by atoms with E-state index in [4.69, 9.17) is 0 Å². The van der Waals surface area contributed by atoms with Crippen molar-refractivity contribution in [3.05, 3.63) is 65.0 Å². The number of nitrogens with zero attached hydrogens (tertiary/aromatic N) is 1. The maximum absolute atomic E-state index is 12.6. The van der Waals surface area contributed by atoms with Crippen LogP contribution < -0.4 is 5.32 Å². The van der Waals surface area contributed by atoms with Crippen molar-refractivity contribution in [2.24, 2.45) is 0 Å². The number of amides is 1. The van der Waals surface area contributed by atoms with Gasteiger partial charge in [0.05, 0.1) is 17.2 Å². The summed E-state index contributed by atoms with van der Waals surface area (Å²) < 4.78 is 37.9. The van der Waals surface area contributed by atoms with Gasteiger partial charge in [0, 0.05) is 18.9 Å². The van der Waals surface area contributed by atoms with E-state index < -0.39 is 23.8 Å². The quantitative estimate of drug-likeness (QED) is 0.909. The molecule has 0 bridgehead atoms. The molecule has 1 atom stereocenters. The van der Waals surface area contributed by atoms with Crippen molar-refractivity contribution < 1.29 is 23.1 Å². The van der Waals surface area contributed by atoms with E-state index in [1.165, 1.54) is 18.3 Å². The highest BCUT2D eigenvalue weighted by Crippen LogP contribution is 2.30. The van der Waals surface area contributed by atoms with Crippen LogP contribution >= 0.6 is 0 Å². The molecule has 2 rings (SSSR count). The predicted molar refractivity (Wildman–Crippen MR) is 77.7 cm³/mol. The molecule has 0 aliphatic rings. The molecule has 1 heterocycles. The number of hydrogen-bond donors (Lipinski definition) is 2. The number of aromatic nitrogens is 1. The van der Waals surface area contributed by atoms with E-state index >= 15 is 0 Å². The number of carbonyl (C=O) groups is 1. The maximum Gasteiger partial charge on any atom is 0.416 e. The second-order valence-corrected chi connectivity index (χ2v) is 5.10. The van der Waals surface area contributed by atoms with Crippen LogP contribution in [0.15, 0.2) is 42.7 Å². The second kappa shape index (κ2) is 6.78. The van der Waals surface area contributed by atoms with Crippen LogP contribution in [0.2, 0.25) is 0 Å². The fourth-order valence-corrected chi connectivity index (χ4v) is 2.01. The van der Waals surface area contributed by atoms with E-state index in [1.54, 1.807) is 19.2 Å². The first-order valence-electron chi connectivity index (χ1n) is 6.82. The number of benzene rings is 1. The SMILES string of the molecule is Cc1cncc(C(=O)NCC(O)c2cccc(C(F)(F)F)c2)c1. The fraction of sp³-hybridized carbons (Fsp3) is 0.250. The number of aliphatic hydroxyl groups excluding tert-OH is 1. The Hall–Kier alpha value is -2.41. The minimum Gasteiger partial charge on any atom is -0.387 e. The van der Waals surface area contributed by atoms with E-state index in [9.17, 15) is 23.1 Å². The highest BCUT2D eigenvalue weighted by atomic mass is 19.4. The molecular weight excluding hydrogens is 309 g/mol. The van der Waals surface area contributed by atoms with Crippen molar-refractivity contribution in [3.63, 3.8) is 0 Å². The van der Waals surface area contributed by atoms with Crippen molar-refractivity contribution in [1.82, 2.24) is 10.3 Å². The molecule has 2 aromatic rings. The molecule has 2 N–H and O–H groups in total. The Labute approximate surface area is 131 Å². The molecule has 0 fully saturated rings. The Balaban J connectivity index is 2.02. The Kier molecular flexibility index (Phi) is 5.00. The van der Waals surface area contributed by atoms with E-state index in [0.717, 1.165) is 17.7 Å². The number of hydrogen-bond acceptors (Lipinski definition) is 3. The first kappa shape index (κ1) is 17.0. The van der Waals surface area contributed by atoms with Crippen LogP contribution in [0.25, 0.3) is 0 Å². The summed E-state index contributed by atoms with van der Waals surface area (Å²) in [5, 5.41) is 12.4. The van der Waals surface area contributed by atoms with Gasteiger partial charge in [-0.25, -0.2) is 0 Å². The van der Waals surface area contributed by atoms with Crippen LogP contribution in [-0.4, -0.2) is 22.5 Å². The number of pyridine rings is 1. The minimum absolute atomic E-state index is 0.0856. The molecule has 1 unspecified atom stereocenters. The van der Waals surface area contributed by atoms with Gasteiger partial charge < -0.3 is 10.4 Å². The van der Waals surface area contributed by atoms with E-state index in [1.807, 2.05) is 0 Å². The normalized spacial score (nSPS) is 12.7. The third-order valence-electron chi connectivity index (χ3n) is 3.19. The first-order valence-corrected chi connectivity index (χ1v) is 6.82. The standard InChI is InChI=1S/C16H15F3N2O2/c1-10-5-12(8-20-7-10)15(23)21-9-14(22)11-3-2-4-13(6-11)16(17,18)19/h2-8,14,22H,9H2,1H3,(H,21,23). The number of carbonyl (C=O) groups excluding carboxylic acids is 1. The number of halogens is 3. The molecule has 7 heteroatoms. The zero-order valence-corrected chi connectivity index (χ0v) is 12.3. The van der Waals surface area contributed by atoms with Crippen LogP contribution in [0.4, 0.5) is 13.2 Å². The van der Waals surface area contributed by atoms with Gasteiger partial charge in [0.1, 0.15) is 0 Å². The molecule has 0 aliphatic heterocycles. The van der Waals surface area contributed by atoms with Crippen molar-refractivity contribution in [2.45, 2.75) is 19.2 Å². The summed E-state index contributed by atoms with van der Waals surface area (Å²) in [6.07, 6.45) is -2.75. The maximum atomic E-state index is 12.6. The Morgan fingerprint density at radius 1 is 1.30 bits per heavy atom. The summed E-state index contributed by atoms with van der Waals surface area (Å²) in [6.45, 7) is 1.58. The Morgan fingerprint density at radius 2 is 2.04 bits per heavy atom. The van der Waals surface area contributed by atoms with Crippen LogP contribution in [0.1, 0.15) is 33.2 Å². The smallest absolute Gasteiger partial charge is 0.387 e. The summed E-state index contributed by atoms with van der Waals surface area (Å²) in [5.74, 6) is -0.452. The summed E-state index contributed by atoms with van der Waals surface area (Å²) >= 11 is 0. The van der Waals surface area contributed by atoms with E-state index in [2.05, 4.69) is 10.3 Å². The average molecular weight is 324 g/mol. The van der Waals surface area contributed by atoms with Gasteiger partial charge in [-0.2, -0.15) is 13.2 Å². The van der Waals surface area contributed by atoms with Gasteiger partial charge in [0.2, 0.25) is 0 Å². The van der Waals surface area contributed by atoms with Gasteiger partial charge >= 0.3 is 6.18 Å². The molecule has 1 aromatic carbocycles.